The molecule has 0 aliphatic carbocycles. The molecule has 0 radical (unpaired) electrons. The highest BCUT2D eigenvalue weighted by Gasteiger charge is 2.29. The molecule has 0 aromatic heterocycles. The number of nitrogens with one attached hydrogen (secondary N) is 3. The standard InChI is InChI=1S/C25H32N6O6/c26-7-1-2-18-25(37)31-19(24(36)29-12-22(28)34)11-16-9-14(4-6-21(16)33)13-3-5-20(32)15(8-13)10-17(27)23(35)30-18/h3-6,8-9,17-19,32-33H,1-2,7,10-12,26-27H2,(H2,28,34)(H,29,36)(H,30,35)(H,31,37)/t17?,18-,19?/m0/s1. The van der Waals surface area contributed by atoms with E-state index in [4.69, 9.17) is 17.2 Å². The lowest BCUT2D eigenvalue weighted by atomic mass is 9.95. The zero-order chi connectivity index (χ0) is 27.1. The van der Waals surface area contributed by atoms with Crippen LogP contribution in [0.1, 0.15) is 24.0 Å². The molecule has 12 nitrogen and oxygen atoms in total. The summed E-state index contributed by atoms with van der Waals surface area (Å²) in [6.07, 6.45) is 0.452. The molecule has 2 aromatic carbocycles. The molecule has 3 atom stereocenters. The Hall–Kier alpha value is -4.16. The first-order valence-electron chi connectivity index (χ1n) is 11.9. The van der Waals surface area contributed by atoms with E-state index in [-0.39, 0.29) is 37.3 Å². The molecule has 0 saturated heterocycles. The molecular weight excluding hydrogens is 480 g/mol. The van der Waals surface area contributed by atoms with Gasteiger partial charge in [0, 0.05) is 12.8 Å². The maximum absolute atomic E-state index is 13.2. The highest BCUT2D eigenvalue weighted by atomic mass is 16.3. The van der Waals surface area contributed by atoms with Crippen molar-refractivity contribution in [2.45, 2.75) is 43.8 Å². The Morgan fingerprint density at radius 2 is 1.54 bits per heavy atom. The maximum Gasteiger partial charge on any atom is 0.243 e. The highest BCUT2D eigenvalue weighted by Crippen LogP contribution is 2.30. The second-order valence-corrected chi connectivity index (χ2v) is 8.94. The lowest BCUT2D eigenvalue weighted by Crippen LogP contribution is -2.57. The minimum absolute atomic E-state index is 0.000175. The van der Waals surface area contributed by atoms with E-state index in [1.165, 1.54) is 12.1 Å². The number of nitrogens with two attached hydrogens (primary N) is 3. The molecule has 198 valence electrons. The van der Waals surface area contributed by atoms with Crippen LogP contribution in [-0.2, 0) is 32.0 Å². The summed E-state index contributed by atoms with van der Waals surface area (Å²) in [6, 6.07) is 6.25. The van der Waals surface area contributed by atoms with Crippen molar-refractivity contribution in [1.82, 2.24) is 16.0 Å². The second kappa shape index (κ2) is 12.2. The third kappa shape index (κ3) is 7.18. The van der Waals surface area contributed by atoms with Gasteiger partial charge in [-0.25, -0.2) is 0 Å². The van der Waals surface area contributed by atoms with E-state index in [1.807, 2.05) is 0 Å². The largest absolute Gasteiger partial charge is 0.508 e. The summed E-state index contributed by atoms with van der Waals surface area (Å²) in [6.45, 7) is -0.189. The molecular formula is C25H32N6O6. The first-order chi connectivity index (χ1) is 17.6. The minimum atomic E-state index is -1.21. The van der Waals surface area contributed by atoms with Crippen molar-refractivity contribution in [3.63, 3.8) is 0 Å². The van der Waals surface area contributed by atoms with Crippen LogP contribution in [-0.4, -0.2) is 65.1 Å². The van der Waals surface area contributed by atoms with Crippen molar-refractivity contribution in [3.8, 4) is 22.6 Å². The molecule has 4 amide bonds. The highest BCUT2D eigenvalue weighted by molar-refractivity contribution is 5.94. The van der Waals surface area contributed by atoms with Crippen molar-refractivity contribution >= 4 is 23.6 Å². The van der Waals surface area contributed by atoms with Crippen LogP contribution < -0.4 is 33.2 Å². The van der Waals surface area contributed by atoms with Crippen molar-refractivity contribution in [1.29, 1.82) is 0 Å². The van der Waals surface area contributed by atoms with E-state index in [2.05, 4.69) is 16.0 Å². The molecule has 4 bridgehead atoms. The Morgan fingerprint density at radius 1 is 0.946 bits per heavy atom. The zero-order valence-electron chi connectivity index (χ0n) is 20.2. The summed E-state index contributed by atoms with van der Waals surface area (Å²) in [5.74, 6) is -2.91. The number of benzene rings is 2. The molecule has 0 saturated carbocycles. The molecule has 11 N–H and O–H groups in total. The SMILES string of the molecule is NCCC[C@@H]1NC(=O)C(N)Cc2cc(ccc2O)-c2ccc(O)c(c2)CC(C(=O)NCC(N)=O)NC1=O. The number of carbonyl (C=O) groups is 4. The number of aromatic hydroxyl groups is 2. The first-order valence-corrected chi connectivity index (χ1v) is 11.9. The summed E-state index contributed by atoms with van der Waals surface area (Å²) in [4.78, 5) is 50.2. The van der Waals surface area contributed by atoms with E-state index in [0.29, 0.717) is 28.7 Å². The predicted octanol–water partition coefficient (Wildman–Crippen LogP) is -1.50. The van der Waals surface area contributed by atoms with Crippen LogP contribution in [0.15, 0.2) is 36.4 Å². The molecule has 1 aliphatic rings. The maximum atomic E-state index is 13.2. The number of carbonyl (C=O) groups excluding carboxylic acids is 4. The quantitative estimate of drug-likeness (QED) is 0.227. The summed E-state index contributed by atoms with van der Waals surface area (Å²) >= 11 is 0. The number of fused-ring (bicyclic) bond motifs is 5. The van der Waals surface area contributed by atoms with Crippen LogP contribution in [0.3, 0.4) is 0 Å². The van der Waals surface area contributed by atoms with Crippen LogP contribution in [0.25, 0.3) is 11.1 Å². The van der Waals surface area contributed by atoms with Gasteiger partial charge in [-0.1, -0.05) is 12.1 Å². The Balaban J connectivity index is 2.08. The number of phenols is 2. The Bertz CT molecular complexity index is 1190. The van der Waals surface area contributed by atoms with Crippen LogP contribution in [0, 0.1) is 0 Å². The molecule has 3 rings (SSSR count). The van der Waals surface area contributed by atoms with Gasteiger partial charge in [0.05, 0.1) is 12.6 Å². The van der Waals surface area contributed by atoms with Crippen LogP contribution >= 0.6 is 0 Å². The zero-order valence-corrected chi connectivity index (χ0v) is 20.2. The van der Waals surface area contributed by atoms with Crippen LogP contribution in [0.5, 0.6) is 11.5 Å². The number of hydrogen-bond donors (Lipinski definition) is 8. The molecule has 2 unspecified atom stereocenters. The van der Waals surface area contributed by atoms with Gasteiger partial charge in [-0.15, -0.1) is 0 Å². The fourth-order valence-electron chi connectivity index (χ4n) is 4.06. The monoisotopic (exact) mass is 512 g/mol. The first kappa shape index (κ1) is 27.4. The summed E-state index contributed by atoms with van der Waals surface area (Å²) in [7, 11) is 0. The Morgan fingerprint density at radius 3 is 2.11 bits per heavy atom. The van der Waals surface area contributed by atoms with E-state index < -0.39 is 48.3 Å². The fourth-order valence-corrected chi connectivity index (χ4v) is 4.06. The number of hydrogen-bond acceptors (Lipinski definition) is 8. The van der Waals surface area contributed by atoms with E-state index in [0.717, 1.165) is 0 Å². The van der Waals surface area contributed by atoms with Gasteiger partial charge >= 0.3 is 0 Å². The average molecular weight is 513 g/mol. The number of rotatable bonds is 6. The molecule has 0 spiro atoms. The van der Waals surface area contributed by atoms with Gasteiger partial charge in [-0.3, -0.25) is 19.2 Å². The lowest BCUT2D eigenvalue weighted by Gasteiger charge is -2.24. The van der Waals surface area contributed by atoms with Crippen LogP contribution in [0.4, 0.5) is 0 Å². The smallest absolute Gasteiger partial charge is 0.243 e. The molecule has 1 aliphatic heterocycles. The van der Waals surface area contributed by atoms with Gasteiger partial charge in [0.2, 0.25) is 23.6 Å². The molecule has 0 fully saturated rings. The number of phenolic OH excluding ortho intramolecular Hbond substituents is 2. The number of primary amides is 1. The molecule has 2 aromatic rings. The van der Waals surface area contributed by atoms with Crippen molar-refractivity contribution < 1.29 is 29.4 Å². The third-order valence-electron chi connectivity index (χ3n) is 6.09. The molecule has 37 heavy (non-hydrogen) atoms. The normalized spacial score (nSPS) is 20.1. The summed E-state index contributed by atoms with van der Waals surface area (Å²) in [5.41, 5.74) is 19.0. The Labute approximate surface area is 213 Å². The summed E-state index contributed by atoms with van der Waals surface area (Å²) < 4.78 is 0. The van der Waals surface area contributed by atoms with Gasteiger partial charge < -0.3 is 43.4 Å². The van der Waals surface area contributed by atoms with Gasteiger partial charge in [-0.05, 0) is 65.9 Å². The van der Waals surface area contributed by atoms with Gasteiger partial charge in [0.25, 0.3) is 0 Å². The lowest BCUT2D eigenvalue weighted by molar-refractivity contribution is -0.133. The van der Waals surface area contributed by atoms with Crippen molar-refractivity contribution in [3.05, 3.63) is 47.5 Å². The average Bonchev–Trinajstić information content (AvgIpc) is 2.86. The summed E-state index contributed by atoms with van der Waals surface area (Å²) in [5, 5.41) is 28.4. The topological polar surface area (TPSA) is 223 Å². The third-order valence-corrected chi connectivity index (χ3v) is 6.09. The number of amides is 4. The molecule has 1 heterocycles. The van der Waals surface area contributed by atoms with E-state index >= 15 is 0 Å². The van der Waals surface area contributed by atoms with Gasteiger partial charge in [0.1, 0.15) is 23.6 Å². The van der Waals surface area contributed by atoms with Crippen LogP contribution in [0.2, 0.25) is 0 Å². The van der Waals surface area contributed by atoms with Crippen molar-refractivity contribution in [2.24, 2.45) is 17.2 Å². The predicted molar refractivity (Wildman–Crippen MR) is 135 cm³/mol. The second-order valence-electron chi connectivity index (χ2n) is 8.94. The Kier molecular flexibility index (Phi) is 9.04. The van der Waals surface area contributed by atoms with E-state index in [9.17, 15) is 29.4 Å². The minimum Gasteiger partial charge on any atom is -0.508 e. The fraction of sp³-hybridized carbons (Fsp3) is 0.360. The molecule has 12 heteroatoms. The van der Waals surface area contributed by atoms with Gasteiger partial charge in [-0.2, -0.15) is 0 Å². The van der Waals surface area contributed by atoms with Gasteiger partial charge in [0.15, 0.2) is 0 Å². The van der Waals surface area contributed by atoms with E-state index in [1.54, 1.807) is 24.3 Å². The van der Waals surface area contributed by atoms with Crippen molar-refractivity contribution in [2.75, 3.05) is 13.1 Å².